The van der Waals surface area contributed by atoms with Gasteiger partial charge in [0.15, 0.2) is 0 Å². The molecule has 0 radical (unpaired) electrons. The Labute approximate surface area is 242 Å². The predicted molar refractivity (Wildman–Crippen MR) is 168 cm³/mol. The smallest absolute Gasteiger partial charge is 0.306 e. The van der Waals surface area contributed by atoms with Crippen molar-refractivity contribution in [1.82, 2.24) is 0 Å². The molecule has 0 amide bonds. The zero-order valence-corrected chi connectivity index (χ0v) is 25.9. The molecule has 228 valence electrons. The summed E-state index contributed by atoms with van der Waals surface area (Å²) in [5.41, 5.74) is 0. The van der Waals surface area contributed by atoms with Crippen LogP contribution < -0.4 is 0 Å². The van der Waals surface area contributed by atoms with E-state index in [0.29, 0.717) is 13.0 Å². The highest BCUT2D eigenvalue weighted by Gasteiger charge is 2.13. The lowest BCUT2D eigenvalue weighted by molar-refractivity contribution is -0.154. The molecule has 39 heavy (non-hydrogen) atoms. The third kappa shape index (κ3) is 31.0. The van der Waals surface area contributed by atoms with Gasteiger partial charge in [0.25, 0.3) is 0 Å². The van der Waals surface area contributed by atoms with E-state index in [4.69, 9.17) is 9.47 Å². The van der Waals surface area contributed by atoms with E-state index in [1.165, 1.54) is 83.5 Å². The summed E-state index contributed by atoms with van der Waals surface area (Å²) in [5.74, 6) is -0.230. The Morgan fingerprint density at radius 3 is 1.72 bits per heavy atom. The van der Waals surface area contributed by atoms with E-state index in [2.05, 4.69) is 50.3 Å². The third-order valence-corrected chi connectivity index (χ3v) is 6.98. The fourth-order valence-corrected chi connectivity index (χ4v) is 4.52. The fourth-order valence-electron chi connectivity index (χ4n) is 4.52. The molecule has 0 aromatic rings. The largest absolute Gasteiger partial charge is 0.457 e. The summed E-state index contributed by atoms with van der Waals surface area (Å²) in [6.07, 6.45) is 38.9. The van der Waals surface area contributed by atoms with Crippen molar-refractivity contribution in [2.24, 2.45) is 0 Å². The second kappa shape index (κ2) is 32.8. The summed E-state index contributed by atoms with van der Waals surface area (Å²) in [5, 5.41) is 9.51. The molecular weight excluding hydrogens is 484 g/mol. The average molecular weight is 549 g/mol. The molecule has 4 heteroatoms. The molecule has 0 saturated heterocycles. The van der Waals surface area contributed by atoms with E-state index in [9.17, 15) is 9.90 Å². The van der Waals surface area contributed by atoms with Gasteiger partial charge >= 0.3 is 5.97 Å². The number of rotatable bonds is 30. The van der Waals surface area contributed by atoms with E-state index in [-0.39, 0.29) is 19.2 Å². The molecule has 0 rings (SSSR count). The van der Waals surface area contributed by atoms with E-state index >= 15 is 0 Å². The number of unbranched alkanes of at least 4 members (excludes halogenated alkanes) is 16. The maximum absolute atomic E-state index is 12.1. The van der Waals surface area contributed by atoms with Crippen molar-refractivity contribution in [3.63, 3.8) is 0 Å². The van der Waals surface area contributed by atoms with Crippen LogP contribution in [0.15, 0.2) is 36.5 Å². The minimum Gasteiger partial charge on any atom is -0.457 e. The van der Waals surface area contributed by atoms with Gasteiger partial charge in [0.05, 0.1) is 13.2 Å². The first-order valence-corrected chi connectivity index (χ1v) is 16.6. The summed E-state index contributed by atoms with van der Waals surface area (Å²) in [7, 11) is 0. The van der Waals surface area contributed by atoms with Gasteiger partial charge in [-0.25, -0.2) is 0 Å². The van der Waals surface area contributed by atoms with Gasteiger partial charge in [0.1, 0.15) is 6.10 Å². The van der Waals surface area contributed by atoms with E-state index in [1.54, 1.807) is 0 Å². The highest BCUT2D eigenvalue weighted by Crippen LogP contribution is 2.13. The quantitative estimate of drug-likeness (QED) is 0.0551. The van der Waals surface area contributed by atoms with Crippen molar-refractivity contribution in [1.29, 1.82) is 0 Å². The number of hydrogen-bond donors (Lipinski definition) is 1. The second-order valence-electron chi connectivity index (χ2n) is 10.9. The molecule has 4 nitrogen and oxygen atoms in total. The summed E-state index contributed by atoms with van der Waals surface area (Å²) >= 11 is 0. The molecule has 0 saturated carbocycles. The van der Waals surface area contributed by atoms with Crippen molar-refractivity contribution in [3.05, 3.63) is 36.5 Å². The molecule has 0 spiro atoms. The first kappa shape index (κ1) is 37.6. The van der Waals surface area contributed by atoms with E-state index in [1.807, 2.05) is 0 Å². The van der Waals surface area contributed by atoms with Crippen molar-refractivity contribution >= 4 is 5.97 Å². The van der Waals surface area contributed by atoms with Gasteiger partial charge in [-0.05, 0) is 44.9 Å². The Hall–Kier alpha value is -1.39. The predicted octanol–water partition coefficient (Wildman–Crippen LogP) is 10.2. The van der Waals surface area contributed by atoms with Crippen LogP contribution in [0.1, 0.15) is 155 Å². The van der Waals surface area contributed by atoms with Crippen LogP contribution in [-0.2, 0) is 14.3 Å². The van der Waals surface area contributed by atoms with Gasteiger partial charge in [-0.1, -0.05) is 140 Å². The monoisotopic (exact) mass is 548 g/mol. The zero-order chi connectivity index (χ0) is 28.5. The van der Waals surface area contributed by atoms with Crippen LogP contribution in [0, 0.1) is 0 Å². The van der Waals surface area contributed by atoms with Crippen LogP contribution in [0.4, 0.5) is 0 Å². The number of hydrogen-bond acceptors (Lipinski definition) is 4. The molecule has 0 aliphatic heterocycles. The van der Waals surface area contributed by atoms with Gasteiger partial charge in [0.2, 0.25) is 0 Å². The summed E-state index contributed by atoms with van der Waals surface area (Å²) in [6.45, 7) is 5.20. The Balaban J connectivity index is 3.49. The summed E-state index contributed by atoms with van der Waals surface area (Å²) in [6, 6.07) is 0. The molecule has 1 N–H and O–H groups in total. The summed E-state index contributed by atoms with van der Waals surface area (Å²) in [4.78, 5) is 12.1. The van der Waals surface area contributed by atoms with Gasteiger partial charge in [-0.2, -0.15) is 0 Å². The maximum atomic E-state index is 12.1. The van der Waals surface area contributed by atoms with Crippen LogP contribution in [0.3, 0.4) is 0 Å². The van der Waals surface area contributed by atoms with Crippen molar-refractivity contribution in [3.8, 4) is 0 Å². The standard InChI is InChI=1S/C35H64O4/c1-3-5-7-9-11-13-15-17-19-21-23-25-27-29-31-38-33-34(32-36)39-35(37)30-28-26-24-22-20-18-16-14-12-10-8-6-4-2/h6,8,12,14,18,20,34,36H,3-5,7,9-11,13,15-17,19,21-33H2,1-2H3/b8-6-,14-12-,20-18-. The van der Waals surface area contributed by atoms with Crippen molar-refractivity contribution < 1.29 is 19.4 Å². The van der Waals surface area contributed by atoms with Crippen LogP contribution in [0.25, 0.3) is 0 Å². The lowest BCUT2D eigenvalue weighted by Crippen LogP contribution is -2.27. The number of aliphatic hydroxyl groups is 1. The topological polar surface area (TPSA) is 55.8 Å². The third-order valence-electron chi connectivity index (χ3n) is 6.98. The maximum Gasteiger partial charge on any atom is 0.306 e. The molecule has 0 aromatic heterocycles. The summed E-state index contributed by atoms with van der Waals surface area (Å²) < 4.78 is 11.1. The number of allylic oxidation sites excluding steroid dienone is 6. The van der Waals surface area contributed by atoms with E-state index in [0.717, 1.165) is 51.4 Å². The molecule has 0 aliphatic rings. The molecule has 0 bridgehead atoms. The highest BCUT2D eigenvalue weighted by atomic mass is 16.6. The number of ether oxygens (including phenoxy) is 2. The number of carbonyl (C=O) groups excluding carboxylic acids is 1. The Morgan fingerprint density at radius 1 is 0.641 bits per heavy atom. The second-order valence-corrected chi connectivity index (χ2v) is 10.9. The zero-order valence-electron chi connectivity index (χ0n) is 25.9. The normalized spacial score (nSPS) is 12.8. The minimum atomic E-state index is -0.544. The molecule has 1 unspecified atom stereocenters. The number of aliphatic hydroxyl groups excluding tert-OH is 1. The van der Waals surface area contributed by atoms with Gasteiger partial charge < -0.3 is 14.6 Å². The fraction of sp³-hybridized carbons (Fsp3) is 0.800. The SMILES string of the molecule is CC/C=C\C/C=C\C/C=C\CCCCCC(=O)OC(CO)COCCCCCCCCCCCCCCCC. The van der Waals surface area contributed by atoms with Gasteiger partial charge in [0, 0.05) is 13.0 Å². The minimum absolute atomic E-state index is 0.182. The lowest BCUT2D eigenvalue weighted by Gasteiger charge is -2.15. The highest BCUT2D eigenvalue weighted by molar-refractivity contribution is 5.69. The molecular formula is C35H64O4. The molecule has 0 heterocycles. The van der Waals surface area contributed by atoms with E-state index < -0.39 is 6.10 Å². The average Bonchev–Trinajstić information content (AvgIpc) is 2.94. The van der Waals surface area contributed by atoms with Crippen LogP contribution in [0.2, 0.25) is 0 Å². The molecule has 0 aliphatic carbocycles. The Bertz CT molecular complexity index is 581. The van der Waals surface area contributed by atoms with Gasteiger partial charge in [-0.15, -0.1) is 0 Å². The van der Waals surface area contributed by atoms with Crippen molar-refractivity contribution in [2.75, 3.05) is 19.8 Å². The first-order chi connectivity index (χ1) is 19.2. The molecule has 0 aromatic carbocycles. The van der Waals surface area contributed by atoms with Crippen molar-refractivity contribution in [2.45, 2.75) is 161 Å². The van der Waals surface area contributed by atoms with Gasteiger partial charge in [-0.3, -0.25) is 4.79 Å². The van der Waals surface area contributed by atoms with Crippen LogP contribution >= 0.6 is 0 Å². The number of esters is 1. The lowest BCUT2D eigenvalue weighted by atomic mass is 10.0. The van der Waals surface area contributed by atoms with Crippen LogP contribution in [0.5, 0.6) is 0 Å². The molecule has 0 fully saturated rings. The van der Waals surface area contributed by atoms with Crippen LogP contribution in [-0.4, -0.2) is 37.0 Å². The Kier molecular flexibility index (Phi) is 31.7. The Morgan fingerprint density at radius 2 is 1.15 bits per heavy atom. The molecule has 1 atom stereocenters. The first-order valence-electron chi connectivity index (χ1n) is 16.6. The number of carbonyl (C=O) groups is 1.